The molecule has 78 valence electrons. The molecule has 0 amide bonds. The van der Waals surface area contributed by atoms with E-state index in [1.807, 2.05) is 18.2 Å². The third kappa shape index (κ3) is 2.79. The van der Waals surface area contributed by atoms with Crippen molar-refractivity contribution >= 4 is 33.0 Å². The average Bonchev–Trinajstić information content (AvgIpc) is 2.65. The first-order valence-electron chi connectivity index (χ1n) is 4.62. The van der Waals surface area contributed by atoms with Crippen LogP contribution >= 0.6 is 27.3 Å². The van der Waals surface area contributed by atoms with Crippen LogP contribution in [-0.2, 0) is 6.54 Å². The highest BCUT2D eigenvalue weighted by Crippen LogP contribution is 2.19. The van der Waals surface area contributed by atoms with Crippen molar-refractivity contribution in [3.8, 4) is 0 Å². The lowest BCUT2D eigenvalue weighted by Gasteiger charge is -2.17. The zero-order valence-corrected chi connectivity index (χ0v) is 10.8. The van der Waals surface area contributed by atoms with E-state index in [4.69, 9.17) is 0 Å². The zero-order chi connectivity index (χ0) is 10.7. The van der Waals surface area contributed by atoms with Crippen LogP contribution in [0.2, 0.25) is 0 Å². The fraction of sp³-hybridized carbons (Fsp3) is 0.182. The number of rotatable bonds is 3. The average molecular weight is 283 g/mol. The van der Waals surface area contributed by atoms with Crippen molar-refractivity contribution in [2.75, 3.05) is 11.9 Å². The second kappa shape index (κ2) is 4.77. The van der Waals surface area contributed by atoms with Gasteiger partial charge >= 0.3 is 0 Å². The van der Waals surface area contributed by atoms with E-state index >= 15 is 0 Å². The van der Waals surface area contributed by atoms with E-state index in [1.54, 1.807) is 11.3 Å². The van der Waals surface area contributed by atoms with Gasteiger partial charge in [-0.3, -0.25) is 0 Å². The molecule has 0 spiro atoms. The number of thiazole rings is 1. The largest absolute Gasteiger partial charge is 0.369 e. The van der Waals surface area contributed by atoms with Crippen LogP contribution in [0.4, 0.5) is 5.69 Å². The van der Waals surface area contributed by atoms with Crippen LogP contribution in [0.1, 0.15) is 5.69 Å². The topological polar surface area (TPSA) is 16.1 Å². The van der Waals surface area contributed by atoms with E-state index in [0.29, 0.717) is 0 Å². The Morgan fingerprint density at radius 2 is 2.07 bits per heavy atom. The van der Waals surface area contributed by atoms with Gasteiger partial charge in [-0.1, -0.05) is 18.2 Å². The standard InChI is InChI=1S/C11H11BrN2S/c1-14(10-5-3-2-4-6-10)7-9-8-15-11(12)13-9/h2-6,8H,7H2,1H3. The molecule has 0 aliphatic carbocycles. The Morgan fingerprint density at radius 3 is 2.67 bits per heavy atom. The lowest BCUT2D eigenvalue weighted by atomic mass is 10.3. The minimum atomic E-state index is 0.839. The van der Waals surface area contributed by atoms with Gasteiger partial charge in [0.15, 0.2) is 3.92 Å². The maximum atomic E-state index is 4.37. The number of anilines is 1. The van der Waals surface area contributed by atoms with Crippen molar-refractivity contribution in [2.45, 2.75) is 6.54 Å². The van der Waals surface area contributed by atoms with Crippen LogP contribution in [0.3, 0.4) is 0 Å². The van der Waals surface area contributed by atoms with E-state index in [9.17, 15) is 0 Å². The first-order valence-corrected chi connectivity index (χ1v) is 6.29. The number of aromatic nitrogens is 1. The third-order valence-electron chi connectivity index (χ3n) is 2.12. The molecule has 0 N–H and O–H groups in total. The molecular weight excluding hydrogens is 272 g/mol. The predicted molar refractivity (Wildman–Crippen MR) is 68.4 cm³/mol. The first-order chi connectivity index (χ1) is 7.25. The van der Waals surface area contributed by atoms with Gasteiger partial charge in [0, 0.05) is 18.1 Å². The predicted octanol–water partition coefficient (Wildman–Crippen LogP) is 3.54. The summed E-state index contributed by atoms with van der Waals surface area (Å²) < 4.78 is 0.943. The molecule has 4 heteroatoms. The van der Waals surface area contributed by atoms with Gasteiger partial charge in [0.25, 0.3) is 0 Å². The maximum absolute atomic E-state index is 4.37. The third-order valence-corrected chi connectivity index (χ3v) is 3.53. The Labute approximate surface area is 102 Å². The van der Waals surface area contributed by atoms with E-state index < -0.39 is 0 Å². The minimum Gasteiger partial charge on any atom is -0.369 e. The Balaban J connectivity index is 2.07. The van der Waals surface area contributed by atoms with Crippen molar-refractivity contribution in [1.82, 2.24) is 4.98 Å². The molecule has 2 aromatic rings. The quantitative estimate of drug-likeness (QED) is 0.856. The SMILES string of the molecule is CN(Cc1csc(Br)n1)c1ccccc1. The molecular formula is C11H11BrN2S. The van der Waals surface area contributed by atoms with Gasteiger partial charge in [-0.15, -0.1) is 11.3 Å². The highest BCUT2D eigenvalue weighted by atomic mass is 79.9. The summed E-state index contributed by atoms with van der Waals surface area (Å²) >= 11 is 4.99. The normalized spacial score (nSPS) is 10.3. The summed E-state index contributed by atoms with van der Waals surface area (Å²) in [6.45, 7) is 0.839. The first kappa shape index (κ1) is 10.6. The molecule has 0 aliphatic heterocycles. The Morgan fingerprint density at radius 1 is 1.33 bits per heavy atom. The van der Waals surface area contributed by atoms with Gasteiger partial charge in [-0.25, -0.2) is 4.98 Å². The van der Waals surface area contributed by atoms with Gasteiger partial charge in [-0.2, -0.15) is 0 Å². The smallest absolute Gasteiger partial charge is 0.159 e. The molecule has 2 rings (SSSR count). The van der Waals surface area contributed by atoms with Crippen LogP contribution in [0.5, 0.6) is 0 Å². The molecule has 0 aliphatic rings. The van der Waals surface area contributed by atoms with Crippen molar-refractivity contribution in [3.63, 3.8) is 0 Å². The Hall–Kier alpha value is -0.870. The molecule has 1 aromatic heterocycles. The monoisotopic (exact) mass is 282 g/mol. The van der Waals surface area contributed by atoms with Gasteiger partial charge in [0.1, 0.15) is 0 Å². The molecule has 0 fully saturated rings. The number of benzene rings is 1. The number of hydrogen-bond donors (Lipinski definition) is 0. The summed E-state index contributed by atoms with van der Waals surface area (Å²) in [7, 11) is 2.07. The summed E-state index contributed by atoms with van der Waals surface area (Å²) in [5.74, 6) is 0. The minimum absolute atomic E-state index is 0.839. The van der Waals surface area contributed by atoms with E-state index in [1.165, 1.54) is 5.69 Å². The molecule has 0 atom stereocenters. The summed E-state index contributed by atoms with van der Waals surface area (Å²) in [6, 6.07) is 10.3. The molecule has 0 unspecified atom stereocenters. The highest BCUT2D eigenvalue weighted by Gasteiger charge is 2.04. The second-order valence-corrected chi connectivity index (χ2v) is 5.42. The van der Waals surface area contributed by atoms with Crippen molar-refractivity contribution in [3.05, 3.63) is 45.3 Å². The summed E-state index contributed by atoms with van der Waals surface area (Å²) in [6.07, 6.45) is 0. The van der Waals surface area contributed by atoms with Crippen LogP contribution < -0.4 is 4.90 Å². The number of halogens is 1. The van der Waals surface area contributed by atoms with Gasteiger partial charge in [0.05, 0.1) is 12.2 Å². The molecule has 0 radical (unpaired) electrons. The molecule has 1 aromatic carbocycles. The van der Waals surface area contributed by atoms with Gasteiger partial charge in [0.2, 0.25) is 0 Å². The van der Waals surface area contributed by atoms with Crippen LogP contribution in [0.15, 0.2) is 39.6 Å². The summed E-state index contributed by atoms with van der Waals surface area (Å²) in [4.78, 5) is 6.55. The van der Waals surface area contributed by atoms with Crippen molar-refractivity contribution in [2.24, 2.45) is 0 Å². The van der Waals surface area contributed by atoms with Gasteiger partial charge < -0.3 is 4.90 Å². The number of nitrogens with zero attached hydrogens (tertiary/aromatic N) is 2. The van der Waals surface area contributed by atoms with Crippen molar-refractivity contribution in [1.29, 1.82) is 0 Å². The molecule has 0 bridgehead atoms. The lowest BCUT2D eigenvalue weighted by Crippen LogP contribution is -2.16. The summed E-state index contributed by atoms with van der Waals surface area (Å²) in [5, 5.41) is 2.07. The molecule has 2 nitrogen and oxygen atoms in total. The van der Waals surface area contributed by atoms with Crippen molar-refractivity contribution < 1.29 is 0 Å². The summed E-state index contributed by atoms with van der Waals surface area (Å²) in [5.41, 5.74) is 2.31. The second-order valence-electron chi connectivity index (χ2n) is 3.28. The van der Waals surface area contributed by atoms with E-state index in [0.717, 1.165) is 16.2 Å². The zero-order valence-electron chi connectivity index (χ0n) is 8.35. The maximum Gasteiger partial charge on any atom is 0.159 e. The highest BCUT2D eigenvalue weighted by molar-refractivity contribution is 9.11. The fourth-order valence-corrected chi connectivity index (χ4v) is 2.41. The van der Waals surface area contributed by atoms with E-state index in [2.05, 4.69) is 50.4 Å². The van der Waals surface area contributed by atoms with Crippen LogP contribution in [0, 0.1) is 0 Å². The van der Waals surface area contributed by atoms with Crippen LogP contribution in [0.25, 0.3) is 0 Å². The fourth-order valence-electron chi connectivity index (χ4n) is 1.37. The van der Waals surface area contributed by atoms with E-state index in [-0.39, 0.29) is 0 Å². The number of hydrogen-bond acceptors (Lipinski definition) is 3. The Bertz CT molecular complexity index is 427. The van der Waals surface area contributed by atoms with Crippen LogP contribution in [-0.4, -0.2) is 12.0 Å². The molecule has 0 saturated heterocycles. The number of para-hydroxylation sites is 1. The lowest BCUT2D eigenvalue weighted by molar-refractivity contribution is 0.892. The molecule has 0 saturated carbocycles. The molecule has 1 heterocycles. The van der Waals surface area contributed by atoms with Gasteiger partial charge in [-0.05, 0) is 28.1 Å². The Kier molecular flexibility index (Phi) is 3.38. The molecule has 15 heavy (non-hydrogen) atoms.